The second-order valence-corrected chi connectivity index (χ2v) is 4.03. The van der Waals surface area contributed by atoms with Gasteiger partial charge < -0.3 is 0 Å². The highest BCUT2D eigenvalue weighted by Gasteiger charge is 2.34. The van der Waals surface area contributed by atoms with Crippen molar-refractivity contribution in [1.29, 1.82) is 0 Å². The quantitative estimate of drug-likeness (QED) is 0.640. The van der Waals surface area contributed by atoms with E-state index in [4.69, 9.17) is 0 Å². The van der Waals surface area contributed by atoms with Crippen molar-refractivity contribution in [2.24, 2.45) is 0 Å². The van der Waals surface area contributed by atoms with Crippen molar-refractivity contribution in [2.75, 3.05) is 0 Å². The van der Waals surface area contributed by atoms with Crippen molar-refractivity contribution >= 4 is 0 Å². The molecular formula is C14H10F4. The van der Waals surface area contributed by atoms with E-state index in [1.54, 1.807) is 6.92 Å². The molecule has 0 aliphatic carbocycles. The first-order valence-electron chi connectivity index (χ1n) is 5.32. The zero-order valence-corrected chi connectivity index (χ0v) is 9.55. The molecule has 0 unspecified atom stereocenters. The van der Waals surface area contributed by atoms with E-state index < -0.39 is 17.6 Å². The summed E-state index contributed by atoms with van der Waals surface area (Å²) in [6, 6.07) is 9.32. The standard InChI is InChI=1S/C14H10F4/c1-9-6-7-10(12(8-9)14(16,17)18)11-4-2-3-5-13(11)15/h2-8H,1H3. The zero-order valence-electron chi connectivity index (χ0n) is 9.55. The van der Waals surface area contributed by atoms with Crippen molar-refractivity contribution in [3.05, 3.63) is 59.4 Å². The first-order valence-corrected chi connectivity index (χ1v) is 5.32. The Morgan fingerprint density at radius 2 is 1.56 bits per heavy atom. The molecule has 0 amide bonds. The van der Waals surface area contributed by atoms with E-state index in [-0.39, 0.29) is 11.1 Å². The Morgan fingerprint density at radius 3 is 2.17 bits per heavy atom. The molecule has 0 saturated heterocycles. The van der Waals surface area contributed by atoms with Crippen LogP contribution in [0.2, 0.25) is 0 Å². The number of hydrogen-bond donors (Lipinski definition) is 0. The van der Waals surface area contributed by atoms with Gasteiger partial charge in [0.2, 0.25) is 0 Å². The number of aryl methyl sites for hydroxylation is 1. The topological polar surface area (TPSA) is 0 Å². The third-order valence-corrected chi connectivity index (χ3v) is 2.64. The molecule has 0 fully saturated rings. The van der Waals surface area contributed by atoms with Crippen LogP contribution in [0.4, 0.5) is 17.6 Å². The Labute approximate surface area is 102 Å². The highest BCUT2D eigenvalue weighted by Crippen LogP contribution is 2.38. The van der Waals surface area contributed by atoms with Crippen molar-refractivity contribution < 1.29 is 17.6 Å². The second kappa shape index (κ2) is 4.44. The normalized spacial score (nSPS) is 11.6. The minimum absolute atomic E-state index is 0.0372. The summed E-state index contributed by atoms with van der Waals surface area (Å²) in [6.07, 6.45) is -4.50. The van der Waals surface area contributed by atoms with Crippen LogP contribution in [0.3, 0.4) is 0 Å². The summed E-state index contributed by atoms with van der Waals surface area (Å²) in [5.74, 6) is -0.660. The molecule has 0 nitrogen and oxygen atoms in total. The van der Waals surface area contributed by atoms with E-state index in [1.165, 1.54) is 30.3 Å². The molecule has 2 aromatic carbocycles. The van der Waals surface area contributed by atoms with E-state index in [2.05, 4.69) is 0 Å². The highest BCUT2D eigenvalue weighted by molar-refractivity contribution is 5.69. The van der Waals surface area contributed by atoms with Gasteiger partial charge in [-0.3, -0.25) is 0 Å². The van der Waals surface area contributed by atoms with E-state index in [0.717, 1.165) is 12.1 Å². The van der Waals surface area contributed by atoms with Crippen LogP contribution in [0.5, 0.6) is 0 Å². The smallest absolute Gasteiger partial charge is 0.206 e. The molecule has 0 bridgehead atoms. The molecule has 0 atom stereocenters. The number of rotatable bonds is 1. The van der Waals surface area contributed by atoms with Crippen molar-refractivity contribution in [3.8, 4) is 11.1 Å². The molecule has 94 valence electrons. The molecule has 0 aromatic heterocycles. The Bertz CT molecular complexity index is 570. The lowest BCUT2D eigenvalue weighted by Crippen LogP contribution is -2.08. The molecule has 2 aromatic rings. The Hall–Kier alpha value is -1.84. The number of alkyl halides is 3. The monoisotopic (exact) mass is 254 g/mol. The summed E-state index contributed by atoms with van der Waals surface area (Å²) in [4.78, 5) is 0. The fourth-order valence-electron chi connectivity index (χ4n) is 1.81. The van der Waals surface area contributed by atoms with Crippen LogP contribution >= 0.6 is 0 Å². The largest absolute Gasteiger partial charge is 0.417 e. The van der Waals surface area contributed by atoms with E-state index >= 15 is 0 Å². The van der Waals surface area contributed by atoms with Crippen molar-refractivity contribution in [2.45, 2.75) is 13.1 Å². The van der Waals surface area contributed by atoms with Gasteiger partial charge in [-0.1, -0.05) is 35.9 Å². The van der Waals surface area contributed by atoms with Gasteiger partial charge in [-0.15, -0.1) is 0 Å². The number of benzene rings is 2. The predicted octanol–water partition coefficient (Wildman–Crippen LogP) is 4.82. The molecular weight excluding hydrogens is 244 g/mol. The second-order valence-electron chi connectivity index (χ2n) is 4.03. The summed E-state index contributed by atoms with van der Waals surface area (Å²) in [7, 11) is 0. The van der Waals surface area contributed by atoms with E-state index in [1.807, 2.05) is 0 Å². The maximum atomic E-state index is 13.6. The highest BCUT2D eigenvalue weighted by atomic mass is 19.4. The third kappa shape index (κ3) is 2.37. The lowest BCUT2D eigenvalue weighted by molar-refractivity contribution is -0.137. The van der Waals surface area contributed by atoms with Crippen LogP contribution in [0, 0.1) is 12.7 Å². The number of halogens is 4. The molecule has 18 heavy (non-hydrogen) atoms. The Kier molecular flexibility index (Phi) is 3.11. The SMILES string of the molecule is Cc1ccc(-c2ccccc2F)c(C(F)(F)F)c1. The molecule has 0 aliphatic rings. The van der Waals surface area contributed by atoms with Gasteiger partial charge in [0.25, 0.3) is 0 Å². The Balaban J connectivity index is 2.69. The van der Waals surface area contributed by atoms with Crippen LogP contribution in [-0.4, -0.2) is 0 Å². The van der Waals surface area contributed by atoms with Crippen LogP contribution in [0.1, 0.15) is 11.1 Å². The summed E-state index contributed by atoms with van der Waals surface area (Å²) in [5.41, 5.74) is -0.494. The summed E-state index contributed by atoms with van der Waals surface area (Å²) in [6.45, 7) is 1.57. The average molecular weight is 254 g/mol. The average Bonchev–Trinajstić information content (AvgIpc) is 2.29. The van der Waals surface area contributed by atoms with Gasteiger partial charge in [-0.05, 0) is 24.6 Å². The zero-order chi connectivity index (χ0) is 13.3. The van der Waals surface area contributed by atoms with Gasteiger partial charge >= 0.3 is 6.18 Å². The molecule has 0 N–H and O–H groups in total. The van der Waals surface area contributed by atoms with Gasteiger partial charge in [-0.2, -0.15) is 13.2 Å². The number of hydrogen-bond acceptors (Lipinski definition) is 0. The summed E-state index contributed by atoms with van der Waals surface area (Å²) >= 11 is 0. The van der Waals surface area contributed by atoms with E-state index in [0.29, 0.717) is 5.56 Å². The summed E-state index contributed by atoms with van der Waals surface area (Å²) in [5, 5.41) is 0. The first kappa shape index (κ1) is 12.6. The minimum atomic E-state index is -4.50. The van der Waals surface area contributed by atoms with Gasteiger partial charge in [0, 0.05) is 5.56 Å². The molecule has 0 heterocycles. The maximum absolute atomic E-state index is 13.6. The molecule has 0 saturated carbocycles. The third-order valence-electron chi connectivity index (χ3n) is 2.64. The Morgan fingerprint density at radius 1 is 0.889 bits per heavy atom. The molecule has 0 aliphatic heterocycles. The van der Waals surface area contributed by atoms with Crippen LogP contribution in [0.25, 0.3) is 11.1 Å². The van der Waals surface area contributed by atoms with Crippen LogP contribution in [-0.2, 0) is 6.18 Å². The predicted molar refractivity (Wildman–Crippen MR) is 61.6 cm³/mol. The molecule has 0 spiro atoms. The van der Waals surface area contributed by atoms with Gasteiger partial charge in [-0.25, -0.2) is 4.39 Å². The molecule has 2 rings (SSSR count). The lowest BCUT2D eigenvalue weighted by atomic mass is 9.97. The fraction of sp³-hybridized carbons (Fsp3) is 0.143. The van der Waals surface area contributed by atoms with E-state index in [9.17, 15) is 17.6 Å². The van der Waals surface area contributed by atoms with Crippen molar-refractivity contribution in [3.63, 3.8) is 0 Å². The first-order chi connectivity index (χ1) is 8.39. The molecule has 4 heteroatoms. The van der Waals surface area contributed by atoms with Crippen LogP contribution < -0.4 is 0 Å². The minimum Gasteiger partial charge on any atom is -0.206 e. The van der Waals surface area contributed by atoms with Crippen LogP contribution in [0.15, 0.2) is 42.5 Å². The van der Waals surface area contributed by atoms with Gasteiger partial charge in [0.1, 0.15) is 5.82 Å². The fourth-order valence-corrected chi connectivity index (χ4v) is 1.81. The van der Waals surface area contributed by atoms with Gasteiger partial charge in [0.05, 0.1) is 5.56 Å². The molecule has 0 radical (unpaired) electrons. The maximum Gasteiger partial charge on any atom is 0.417 e. The lowest BCUT2D eigenvalue weighted by Gasteiger charge is -2.14. The van der Waals surface area contributed by atoms with Gasteiger partial charge in [0.15, 0.2) is 0 Å². The van der Waals surface area contributed by atoms with Crippen molar-refractivity contribution in [1.82, 2.24) is 0 Å². The summed E-state index contributed by atoms with van der Waals surface area (Å²) < 4.78 is 52.3.